The molecular weight excluding hydrogens is 338 g/mol. The summed E-state index contributed by atoms with van der Waals surface area (Å²) in [7, 11) is 0. The van der Waals surface area contributed by atoms with E-state index in [4.69, 9.17) is 4.99 Å². The van der Waals surface area contributed by atoms with Crippen LogP contribution < -0.4 is 5.32 Å². The van der Waals surface area contributed by atoms with E-state index in [1.165, 1.54) is 0 Å². The lowest BCUT2D eigenvalue weighted by Gasteiger charge is -2.14. The molecule has 0 saturated heterocycles. The Bertz CT molecular complexity index is 1070. The molecule has 2 heterocycles. The van der Waals surface area contributed by atoms with Gasteiger partial charge in [0.15, 0.2) is 12.0 Å². The Hall–Kier alpha value is -3.54. The average molecular weight is 357 g/mol. The second-order valence-electron chi connectivity index (χ2n) is 6.46. The monoisotopic (exact) mass is 357 g/mol. The van der Waals surface area contributed by atoms with E-state index in [9.17, 15) is 4.79 Å². The van der Waals surface area contributed by atoms with Crippen molar-refractivity contribution in [2.45, 2.75) is 20.0 Å². The average Bonchev–Trinajstić information content (AvgIpc) is 3.00. The van der Waals surface area contributed by atoms with Crippen LogP contribution in [0.1, 0.15) is 35.9 Å². The Balaban J connectivity index is 1.97. The van der Waals surface area contributed by atoms with Crippen LogP contribution in [0.15, 0.2) is 71.7 Å². The highest BCUT2D eigenvalue weighted by Gasteiger charge is 2.28. The molecule has 27 heavy (non-hydrogen) atoms. The maximum Gasteiger partial charge on any atom is 0.248 e. The molecule has 1 unspecified atom stereocenters. The fraction of sp³-hybridized carbons (Fsp3) is 0.143. The van der Waals surface area contributed by atoms with E-state index < -0.39 is 6.17 Å². The SMILES string of the molecule is C=C(C)C(=O)NC1N=C(c2ccccc2)c2ccccc2-n2c(C)nnc21. The molecule has 1 aliphatic rings. The summed E-state index contributed by atoms with van der Waals surface area (Å²) in [5.74, 6) is 1.03. The quantitative estimate of drug-likeness (QED) is 0.732. The number of aliphatic imine (C=N–C) groups is 1. The highest BCUT2D eigenvalue weighted by Crippen LogP contribution is 2.29. The van der Waals surface area contributed by atoms with Crippen LogP contribution in [0.2, 0.25) is 0 Å². The highest BCUT2D eigenvalue weighted by atomic mass is 16.1. The minimum atomic E-state index is -0.669. The van der Waals surface area contributed by atoms with Crippen molar-refractivity contribution in [2.24, 2.45) is 4.99 Å². The molecule has 0 radical (unpaired) electrons. The number of hydrogen-bond acceptors (Lipinski definition) is 4. The molecule has 0 bridgehead atoms. The van der Waals surface area contributed by atoms with Gasteiger partial charge in [-0.25, -0.2) is 0 Å². The first-order valence-electron chi connectivity index (χ1n) is 8.67. The molecule has 1 aliphatic heterocycles. The van der Waals surface area contributed by atoms with E-state index >= 15 is 0 Å². The molecule has 0 aliphatic carbocycles. The summed E-state index contributed by atoms with van der Waals surface area (Å²) in [4.78, 5) is 17.2. The number of aromatic nitrogens is 3. The Morgan fingerprint density at radius 2 is 1.78 bits per heavy atom. The van der Waals surface area contributed by atoms with Gasteiger partial charge in [0.2, 0.25) is 5.91 Å². The molecule has 4 rings (SSSR count). The van der Waals surface area contributed by atoms with Gasteiger partial charge in [-0.1, -0.05) is 55.1 Å². The number of para-hydroxylation sites is 1. The molecule has 2 aromatic carbocycles. The number of aryl methyl sites for hydroxylation is 1. The molecule has 1 amide bonds. The Kier molecular flexibility index (Phi) is 4.16. The van der Waals surface area contributed by atoms with Gasteiger partial charge in [-0.3, -0.25) is 14.4 Å². The van der Waals surface area contributed by atoms with Gasteiger partial charge in [0.25, 0.3) is 0 Å². The van der Waals surface area contributed by atoms with Crippen molar-refractivity contribution >= 4 is 11.6 Å². The molecule has 0 spiro atoms. The van der Waals surface area contributed by atoms with Crippen LogP contribution in [0.3, 0.4) is 0 Å². The molecule has 134 valence electrons. The third-order valence-corrected chi connectivity index (χ3v) is 4.46. The predicted octanol–water partition coefficient (Wildman–Crippen LogP) is 3.12. The topological polar surface area (TPSA) is 72.2 Å². The van der Waals surface area contributed by atoms with E-state index in [2.05, 4.69) is 22.1 Å². The number of benzene rings is 2. The molecule has 6 nitrogen and oxygen atoms in total. The first-order valence-corrected chi connectivity index (χ1v) is 8.67. The maximum absolute atomic E-state index is 12.3. The van der Waals surface area contributed by atoms with Crippen molar-refractivity contribution in [3.05, 3.63) is 89.5 Å². The van der Waals surface area contributed by atoms with E-state index in [0.29, 0.717) is 11.4 Å². The lowest BCUT2D eigenvalue weighted by Crippen LogP contribution is -2.29. The molecule has 0 saturated carbocycles. The zero-order valence-corrected chi connectivity index (χ0v) is 15.2. The van der Waals surface area contributed by atoms with E-state index in [1.54, 1.807) is 6.92 Å². The van der Waals surface area contributed by atoms with Gasteiger partial charge in [-0.05, 0) is 19.9 Å². The van der Waals surface area contributed by atoms with Gasteiger partial charge >= 0.3 is 0 Å². The lowest BCUT2D eigenvalue weighted by atomic mass is 10.0. The van der Waals surface area contributed by atoms with E-state index in [-0.39, 0.29) is 5.91 Å². The summed E-state index contributed by atoms with van der Waals surface area (Å²) in [5.41, 5.74) is 4.07. The number of nitrogens with zero attached hydrogens (tertiary/aromatic N) is 4. The smallest absolute Gasteiger partial charge is 0.248 e. The van der Waals surface area contributed by atoms with Crippen LogP contribution in [0.5, 0.6) is 0 Å². The zero-order valence-electron chi connectivity index (χ0n) is 15.2. The minimum absolute atomic E-state index is 0.269. The number of fused-ring (bicyclic) bond motifs is 3. The molecule has 1 atom stereocenters. The van der Waals surface area contributed by atoms with Crippen LogP contribution >= 0.6 is 0 Å². The highest BCUT2D eigenvalue weighted by molar-refractivity contribution is 6.15. The van der Waals surface area contributed by atoms with Gasteiger partial charge in [0.05, 0.1) is 11.4 Å². The summed E-state index contributed by atoms with van der Waals surface area (Å²) in [6.45, 7) is 7.27. The van der Waals surface area contributed by atoms with E-state index in [1.807, 2.05) is 66.1 Å². The van der Waals surface area contributed by atoms with Crippen LogP contribution in [0, 0.1) is 6.92 Å². The Labute approximate surface area is 157 Å². The minimum Gasteiger partial charge on any atom is -0.324 e. The van der Waals surface area contributed by atoms with Crippen LogP contribution in [0.4, 0.5) is 0 Å². The summed E-state index contributed by atoms with van der Waals surface area (Å²) >= 11 is 0. The summed E-state index contributed by atoms with van der Waals surface area (Å²) < 4.78 is 1.94. The number of amides is 1. The third-order valence-electron chi connectivity index (χ3n) is 4.46. The molecular formula is C21H19N5O. The predicted molar refractivity (Wildman–Crippen MR) is 104 cm³/mol. The largest absolute Gasteiger partial charge is 0.324 e. The van der Waals surface area contributed by atoms with Crippen molar-refractivity contribution in [3.63, 3.8) is 0 Å². The van der Waals surface area contributed by atoms with Crippen molar-refractivity contribution in [1.82, 2.24) is 20.1 Å². The summed E-state index contributed by atoms with van der Waals surface area (Å²) in [6, 6.07) is 17.9. The normalized spacial score (nSPS) is 15.2. The fourth-order valence-corrected chi connectivity index (χ4v) is 3.15. The molecule has 1 N–H and O–H groups in total. The second kappa shape index (κ2) is 6.64. The third kappa shape index (κ3) is 2.95. The van der Waals surface area contributed by atoms with Crippen molar-refractivity contribution in [3.8, 4) is 5.69 Å². The number of hydrogen-bond donors (Lipinski definition) is 1. The first-order chi connectivity index (χ1) is 13.1. The standard InChI is InChI=1S/C21H19N5O/c1-13(2)21(27)23-19-20-25-24-14(3)26(20)17-12-8-7-11-16(17)18(22-19)15-9-5-4-6-10-15/h4-12,19H,1H2,2-3H3,(H,23,27). The molecule has 0 fully saturated rings. The number of carbonyl (C=O) groups excluding carboxylic acids is 1. The maximum atomic E-state index is 12.3. The van der Waals surface area contributed by atoms with Gasteiger partial charge in [-0.15, -0.1) is 10.2 Å². The van der Waals surface area contributed by atoms with Gasteiger partial charge in [0, 0.05) is 16.7 Å². The van der Waals surface area contributed by atoms with E-state index in [0.717, 1.165) is 28.4 Å². The summed E-state index contributed by atoms with van der Waals surface area (Å²) in [6.07, 6.45) is -0.669. The van der Waals surface area contributed by atoms with Crippen molar-refractivity contribution in [2.75, 3.05) is 0 Å². The van der Waals surface area contributed by atoms with Gasteiger partial charge < -0.3 is 5.32 Å². The van der Waals surface area contributed by atoms with Crippen molar-refractivity contribution in [1.29, 1.82) is 0 Å². The first kappa shape index (κ1) is 16.9. The molecule has 3 aromatic rings. The van der Waals surface area contributed by atoms with Crippen LogP contribution in [-0.4, -0.2) is 26.4 Å². The fourth-order valence-electron chi connectivity index (χ4n) is 3.15. The van der Waals surface area contributed by atoms with Gasteiger partial charge in [-0.2, -0.15) is 0 Å². The summed E-state index contributed by atoms with van der Waals surface area (Å²) in [5, 5.41) is 11.4. The number of carbonyl (C=O) groups is 1. The Morgan fingerprint density at radius 3 is 2.52 bits per heavy atom. The number of rotatable bonds is 3. The van der Waals surface area contributed by atoms with Crippen LogP contribution in [0.25, 0.3) is 5.69 Å². The zero-order chi connectivity index (χ0) is 19.0. The van der Waals surface area contributed by atoms with Gasteiger partial charge in [0.1, 0.15) is 5.82 Å². The van der Waals surface area contributed by atoms with Crippen LogP contribution in [-0.2, 0) is 4.79 Å². The van der Waals surface area contributed by atoms with Crippen molar-refractivity contribution < 1.29 is 4.79 Å². The lowest BCUT2D eigenvalue weighted by molar-refractivity contribution is -0.118. The molecule has 6 heteroatoms. The second-order valence-corrected chi connectivity index (χ2v) is 6.46. The molecule has 1 aromatic heterocycles. The number of nitrogens with one attached hydrogen (secondary N) is 1. The Morgan fingerprint density at radius 1 is 1.07 bits per heavy atom.